The monoisotopic (exact) mass is 711 g/mol. The van der Waals surface area contributed by atoms with E-state index in [1.807, 2.05) is 41.7 Å². The highest BCUT2D eigenvalue weighted by molar-refractivity contribution is 8.05. The van der Waals surface area contributed by atoms with Gasteiger partial charge >= 0.3 is 0 Å². The third-order valence-electron chi connectivity index (χ3n) is 10.2. The van der Waals surface area contributed by atoms with Crippen molar-refractivity contribution in [2.45, 2.75) is 19.6 Å². The molecule has 1 aliphatic heterocycles. The van der Waals surface area contributed by atoms with Crippen LogP contribution in [0.25, 0.3) is 82.9 Å². The maximum absolute atomic E-state index is 5.10. The number of hydrogen-bond donors (Lipinski definition) is 0. The minimum atomic E-state index is 0.724. The van der Waals surface area contributed by atoms with Crippen LogP contribution < -0.4 is 0 Å². The average Bonchev–Trinajstić information content (AvgIpc) is 3.55. The molecule has 2 aromatic heterocycles. The van der Waals surface area contributed by atoms with Crippen LogP contribution in [0, 0.1) is 0 Å². The quantitative estimate of drug-likeness (QED) is 0.182. The summed E-state index contributed by atoms with van der Waals surface area (Å²) in [4.78, 5) is 15.3. The third kappa shape index (κ3) is 5.07. The van der Waals surface area contributed by atoms with E-state index in [1.54, 1.807) is 0 Å². The van der Waals surface area contributed by atoms with Crippen molar-refractivity contribution in [3.05, 3.63) is 176 Å². The second-order valence-corrected chi connectivity index (χ2v) is 15.5. The van der Waals surface area contributed by atoms with Crippen molar-refractivity contribution in [2.24, 2.45) is 0 Å². The summed E-state index contributed by atoms with van der Waals surface area (Å²) < 4.78 is 2.49. The topological polar surface area (TPSA) is 30.7 Å². The van der Waals surface area contributed by atoms with E-state index >= 15 is 0 Å². The van der Waals surface area contributed by atoms with Crippen LogP contribution in [0.3, 0.4) is 0 Å². The molecule has 3 nitrogen and oxygen atoms in total. The Bertz CT molecular complexity index is 3060. The number of nitrogens with zero attached hydrogens (tertiary/aromatic N) is 3. The SMILES string of the molecule is c1ccc(-c2nc(-c3ccc(-c4cccc(-n5c6cc7ccccc7cc6c6ccc7c(c65)Sc5ccccc5S7)c4)cc3)nc3ccccc23)cc1. The zero-order valence-electron chi connectivity index (χ0n) is 28.4. The van der Waals surface area contributed by atoms with E-state index < -0.39 is 0 Å². The molecular weight excluding hydrogens is 683 g/mol. The first kappa shape index (κ1) is 30.5. The van der Waals surface area contributed by atoms with Crippen LogP contribution in [0.4, 0.5) is 0 Å². The van der Waals surface area contributed by atoms with Crippen LogP contribution in [0.15, 0.2) is 196 Å². The van der Waals surface area contributed by atoms with E-state index in [0.29, 0.717) is 0 Å². The van der Waals surface area contributed by atoms with Crippen molar-refractivity contribution in [1.29, 1.82) is 0 Å². The van der Waals surface area contributed by atoms with Crippen molar-refractivity contribution in [3.63, 3.8) is 0 Å². The van der Waals surface area contributed by atoms with E-state index in [-0.39, 0.29) is 0 Å². The second-order valence-electron chi connectivity index (χ2n) is 13.4. The zero-order chi connectivity index (χ0) is 34.9. The summed E-state index contributed by atoms with van der Waals surface area (Å²) in [5, 5.41) is 6.09. The van der Waals surface area contributed by atoms with E-state index in [2.05, 4.69) is 162 Å². The van der Waals surface area contributed by atoms with Crippen molar-refractivity contribution in [2.75, 3.05) is 0 Å². The molecule has 0 spiro atoms. The smallest absolute Gasteiger partial charge is 0.160 e. The normalized spacial score (nSPS) is 12.4. The van der Waals surface area contributed by atoms with Gasteiger partial charge in [-0.25, -0.2) is 9.97 Å². The Labute approximate surface area is 315 Å². The molecule has 0 N–H and O–H groups in total. The van der Waals surface area contributed by atoms with Crippen LogP contribution in [-0.4, -0.2) is 14.5 Å². The Hall–Kier alpha value is -6.14. The molecule has 10 aromatic rings. The number of fused-ring (bicyclic) bond motifs is 8. The van der Waals surface area contributed by atoms with Gasteiger partial charge in [0.15, 0.2) is 5.82 Å². The Morgan fingerprint density at radius 3 is 1.96 bits per heavy atom. The van der Waals surface area contributed by atoms with Gasteiger partial charge in [-0.1, -0.05) is 151 Å². The molecular formula is C48H29N3S2. The zero-order valence-corrected chi connectivity index (χ0v) is 30.0. The molecule has 248 valence electrons. The summed E-state index contributed by atoms with van der Waals surface area (Å²) in [6.45, 7) is 0. The number of benzene rings is 8. The summed E-state index contributed by atoms with van der Waals surface area (Å²) >= 11 is 3.76. The molecule has 0 aliphatic carbocycles. The van der Waals surface area contributed by atoms with Gasteiger partial charge in [0.1, 0.15) is 0 Å². The van der Waals surface area contributed by atoms with Gasteiger partial charge in [0.25, 0.3) is 0 Å². The molecule has 3 heterocycles. The molecule has 0 amide bonds. The molecule has 5 heteroatoms. The fraction of sp³-hybridized carbons (Fsp3) is 0. The van der Waals surface area contributed by atoms with E-state index in [1.165, 1.54) is 52.2 Å². The number of rotatable bonds is 4. The van der Waals surface area contributed by atoms with E-state index in [0.717, 1.165) is 50.4 Å². The lowest BCUT2D eigenvalue weighted by Gasteiger charge is -2.20. The number of aromatic nitrogens is 3. The molecule has 11 rings (SSSR count). The summed E-state index contributed by atoms with van der Waals surface area (Å²) in [7, 11) is 0. The highest BCUT2D eigenvalue weighted by Gasteiger charge is 2.24. The summed E-state index contributed by atoms with van der Waals surface area (Å²) in [5.74, 6) is 0.724. The lowest BCUT2D eigenvalue weighted by Crippen LogP contribution is -1.98. The van der Waals surface area contributed by atoms with Crippen LogP contribution >= 0.6 is 23.5 Å². The van der Waals surface area contributed by atoms with Gasteiger partial charge in [0.05, 0.1) is 27.1 Å². The summed E-state index contributed by atoms with van der Waals surface area (Å²) in [6, 6.07) is 63.1. The maximum atomic E-state index is 5.10. The van der Waals surface area contributed by atoms with Gasteiger partial charge in [0.2, 0.25) is 0 Å². The Kier molecular flexibility index (Phi) is 7.04. The van der Waals surface area contributed by atoms with Crippen molar-refractivity contribution in [1.82, 2.24) is 14.5 Å². The van der Waals surface area contributed by atoms with Gasteiger partial charge in [-0.05, 0) is 70.4 Å². The lowest BCUT2D eigenvalue weighted by atomic mass is 10.0. The molecule has 0 unspecified atom stereocenters. The molecule has 8 aromatic carbocycles. The Balaban J connectivity index is 1.05. The van der Waals surface area contributed by atoms with Crippen LogP contribution in [0.1, 0.15) is 0 Å². The fourth-order valence-corrected chi connectivity index (χ4v) is 10.1. The molecule has 0 saturated heterocycles. The Morgan fingerprint density at radius 1 is 0.415 bits per heavy atom. The Morgan fingerprint density at radius 2 is 1.11 bits per heavy atom. The predicted molar refractivity (Wildman–Crippen MR) is 222 cm³/mol. The first-order chi connectivity index (χ1) is 26.2. The maximum Gasteiger partial charge on any atom is 0.160 e. The van der Waals surface area contributed by atoms with Crippen molar-refractivity contribution >= 4 is 67.0 Å². The van der Waals surface area contributed by atoms with Crippen LogP contribution in [-0.2, 0) is 0 Å². The minimum absolute atomic E-state index is 0.724. The first-order valence-corrected chi connectivity index (χ1v) is 19.4. The molecule has 0 bridgehead atoms. The van der Waals surface area contributed by atoms with Crippen molar-refractivity contribution in [3.8, 4) is 39.5 Å². The fourth-order valence-electron chi connectivity index (χ4n) is 7.69. The largest absolute Gasteiger partial charge is 0.308 e. The summed E-state index contributed by atoms with van der Waals surface area (Å²) in [5.41, 5.74) is 9.88. The molecule has 1 aliphatic rings. The lowest BCUT2D eigenvalue weighted by molar-refractivity contribution is 1.11. The van der Waals surface area contributed by atoms with E-state index in [9.17, 15) is 0 Å². The highest BCUT2D eigenvalue weighted by Crippen LogP contribution is 2.52. The molecule has 0 fully saturated rings. The third-order valence-corrected chi connectivity index (χ3v) is 12.8. The van der Waals surface area contributed by atoms with Gasteiger partial charge in [-0.3, -0.25) is 0 Å². The molecule has 0 radical (unpaired) electrons. The highest BCUT2D eigenvalue weighted by atomic mass is 32.2. The molecule has 53 heavy (non-hydrogen) atoms. The minimum Gasteiger partial charge on any atom is -0.308 e. The summed E-state index contributed by atoms with van der Waals surface area (Å²) in [6.07, 6.45) is 0. The van der Waals surface area contributed by atoms with Crippen molar-refractivity contribution < 1.29 is 0 Å². The predicted octanol–water partition coefficient (Wildman–Crippen LogP) is 13.5. The molecule has 0 atom stereocenters. The van der Waals surface area contributed by atoms with E-state index in [4.69, 9.17) is 9.97 Å². The number of hydrogen-bond acceptors (Lipinski definition) is 4. The van der Waals surface area contributed by atoms with Crippen LogP contribution in [0.5, 0.6) is 0 Å². The number of para-hydroxylation sites is 1. The van der Waals surface area contributed by atoms with Gasteiger partial charge < -0.3 is 4.57 Å². The standard InChI is InChI=1S/C48H29N3S2/c1-2-11-31(12-3-1)45-38-17-6-7-18-40(38)49-48(50-45)32-23-21-30(22-24-32)33-15-10-16-36(27-33)51-41-29-35-14-5-4-13-34(35)28-39(41)37-25-26-44-47(46(37)51)53-43-20-9-8-19-42(43)52-44/h1-29H. The second kappa shape index (κ2) is 12.2. The first-order valence-electron chi connectivity index (χ1n) is 17.7. The average molecular weight is 712 g/mol. The van der Waals surface area contributed by atoms with Gasteiger partial charge in [0, 0.05) is 47.7 Å². The van der Waals surface area contributed by atoms with Gasteiger partial charge in [-0.15, -0.1) is 0 Å². The van der Waals surface area contributed by atoms with Gasteiger partial charge in [-0.2, -0.15) is 0 Å². The van der Waals surface area contributed by atoms with Crippen LogP contribution in [0.2, 0.25) is 0 Å². The molecule has 0 saturated carbocycles.